The minimum absolute atomic E-state index is 0.129. The molecule has 0 heterocycles. The standard InChI is InChI=1S/C14H18O2/c15-14(16)10-13-7-5-12(6-8-13)9-11-3-1-2-4-11/h5-8,11H,1-4,9-10H2,(H,15,16). The minimum Gasteiger partial charge on any atom is -0.481 e. The van der Waals surface area contributed by atoms with Gasteiger partial charge in [0.25, 0.3) is 0 Å². The molecule has 0 bridgehead atoms. The van der Waals surface area contributed by atoms with E-state index in [1.807, 2.05) is 12.1 Å². The van der Waals surface area contributed by atoms with Gasteiger partial charge in [-0.2, -0.15) is 0 Å². The van der Waals surface area contributed by atoms with E-state index >= 15 is 0 Å². The molecule has 1 aliphatic carbocycles. The van der Waals surface area contributed by atoms with Gasteiger partial charge in [-0.3, -0.25) is 4.79 Å². The van der Waals surface area contributed by atoms with Gasteiger partial charge in [0.2, 0.25) is 0 Å². The van der Waals surface area contributed by atoms with Crippen LogP contribution in [0, 0.1) is 5.92 Å². The summed E-state index contributed by atoms with van der Waals surface area (Å²) < 4.78 is 0. The van der Waals surface area contributed by atoms with Crippen LogP contribution in [-0.2, 0) is 17.6 Å². The monoisotopic (exact) mass is 218 g/mol. The summed E-state index contributed by atoms with van der Waals surface area (Å²) in [5.74, 6) is 0.0915. The number of hydrogen-bond donors (Lipinski definition) is 1. The molecule has 2 rings (SSSR count). The predicted octanol–water partition coefficient (Wildman–Crippen LogP) is 3.05. The highest BCUT2D eigenvalue weighted by Gasteiger charge is 2.15. The summed E-state index contributed by atoms with van der Waals surface area (Å²) in [4.78, 5) is 10.5. The molecule has 1 aromatic carbocycles. The van der Waals surface area contributed by atoms with Crippen LogP contribution in [0.15, 0.2) is 24.3 Å². The predicted molar refractivity (Wildman–Crippen MR) is 63.4 cm³/mol. The van der Waals surface area contributed by atoms with Crippen molar-refractivity contribution in [2.45, 2.75) is 38.5 Å². The number of aliphatic carboxylic acids is 1. The summed E-state index contributed by atoms with van der Waals surface area (Å²) in [5, 5.41) is 8.67. The Bertz CT molecular complexity index is 348. The molecular weight excluding hydrogens is 200 g/mol. The van der Waals surface area contributed by atoms with Gasteiger partial charge in [0, 0.05) is 0 Å². The highest BCUT2D eigenvalue weighted by molar-refractivity contribution is 5.70. The first kappa shape index (κ1) is 11.2. The summed E-state index contributed by atoms with van der Waals surface area (Å²) in [7, 11) is 0. The molecule has 1 aliphatic rings. The van der Waals surface area contributed by atoms with Gasteiger partial charge in [-0.15, -0.1) is 0 Å². The van der Waals surface area contributed by atoms with Crippen molar-refractivity contribution in [2.75, 3.05) is 0 Å². The van der Waals surface area contributed by atoms with Crippen LogP contribution in [0.2, 0.25) is 0 Å². The molecule has 0 saturated heterocycles. The normalized spacial score (nSPS) is 16.5. The molecule has 1 N–H and O–H groups in total. The Morgan fingerprint density at radius 2 is 1.69 bits per heavy atom. The van der Waals surface area contributed by atoms with Crippen LogP contribution >= 0.6 is 0 Å². The first-order valence-electron chi connectivity index (χ1n) is 6.03. The van der Waals surface area contributed by atoms with E-state index in [4.69, 9.17) is 5.11 Å². The number of benzene rings is 1. The number of rotatable bonds is 4. The van der Waals surface area contributed by atoms with Crippen LogP contribution in [-0.4, -0.2) is 11.1 Å². The average Bonchev–Trinajstić information content (AvgIpc) is 2.73. The van der Waals surface area contributed by atoms with Crippen LogP contribution in [0.25, 0.3) is 0 Å². The zero-order chi connectivity index (χ0) is 11.4. The molecule has 0 spiro atoms. The number of carboxylic acids is 1. The van der Waals surface area contributed by atoms with E-state index in [9.17, 15) is 4.79 Å². The van der Waals surface area contributed by atoms with E-state index < -0.39 is 5.97 Å². The number of carbonyl (C=O) groups is 1. The van der Waals surface area contributed by atoms with E-state index in [1.54, 1.807) is 0 Å². The van der Waals surface area contributed by atoms with Crippen LogP contribution in [0.5, 0.6) is 0 Å². The molecule has 1 fully saturated rings. The van der Waals surface area contributed by atoms with Crippen molar-refractivity contribution in [1.82, 2.24) is 0 Å². The lowest BCUT2D eigenvalue weighted by Crippen LogP contribution is -2.01. The lowest BCUT2D eigenvalue weighted by molar-refractivity contribution is -0.136. The van der Waals surface area contributed by atoms with Crippen molar-refractivity contribution in [3.8, 4) is 0 Å². The third-order valence-corrected chi connectivity index (χ3v) is 3.38. The van der Waals surface area contributed by atoms with Gasteiger partial charge < -0.3 is 5.11 Å². The van der Waals surface area contributed by atoms with E-state index in [0.717, 1.165) is 17.9 Å². The first-order chi connectivity index (χ1) is 7.74. The molecule has 1 aromatic rings. The first-order valence-corrected chi connectivity index (χ1v) is 6.03. The fourth-order valence-corrected chi connectivity index (χ4v) is 2.52. The van der Waals surface area contributed by atoms with Crippen LogP contribution < -0.4 is 0 Å². The molecule has 16 heavy (non-hydrogen) atoms. The van der Waals surface area contributed by atoms with E-state index in [1.165, 1.54) is 31.2 Å². The van der Waals surface area contributed by atoms with Crippen molar-refractivity contribution < 1.29 is 9.90 Å². The van der Waals surface area contributed by atoms with E-state index in [2.05, 4.69) is 12.1 Å². The average molecular weight is 218 g/mol. The molecule has 0 unspecified atom stereocenters. The lowest BCUT2D eigenvalue weighted by Gasteiger charge is -2.09. The SMILES string of the molecule is O=C(O)Cc1ccc(CC2CCCC2)cc1. The Kier molecular flexibility index (Phi) is 3.60. The largest absolute Gasteiger partial charge is 0.481 e. The topological polar surface area (TPSA) is 37.3 Å². The Morgan fingerprint density at radius 3 is 2.25 bits per heavy atom. The Hall–Kier alpha value is -1.31. The molecular formula is C14H18O2. The van der Waals surface area contributed by atoms with Crippen LogP contribution in [0.3, 0.4) is 0 Å². The van der Waals surface area contributed by atoms with Crippen LogP contribution in [0.4, 0.5) is 0 Å². The van der Waals surface area contributed by atoms with Gasteiger partial charge in [0.15, 0.2) is 0 Å². The summed E-state index contributed by atoms with van der Waals surface area (Å²) in [6.07, 6.45) is 6.76. The van der Waals surface area contributed by atoms with Crippen molar-refractivity contribution in [1.29, 1.82) is 0 Å². The molecule has 2 nitrogen and oxygen atoms in total. The number of carboxylic acid groups (broad SMARTS) is 1. The lowest BCUT2D eigenvalue weighted by atomic mass is 9.97. The maximum absolute atomic E-state index is 10.5. The maximum Gasteiger partial charge on any atom is 0.307 e. The molecule has 1 saturated carbocycles. The second-order valence-corrected chi connectivity index (χ2v) is 4.74. The fraction of sp³-hybridized carbons (Fsp3) is 0.500. The molecule has 2 heteroatoms. The quantitative estimate of drug-likeness (QED) is 0.843. The van der Waals surface area contributed by atoms with Crippen molar-refractivity contribution in [2.24, 2.45) is 5.92 Å². The third kappa shape index (κ3) is 3.09. The zero-order valence-electron chi connectivity index (χ0n) is 9.48. The van der Waals surface area contributed by atoms with Gasteiger partial charge >= 0.3 is 5.97 Å². The van der Waals surface area contributed by atoms with Gasteiger partial charge in [-0.25, -0.2) is 0 Å². The minimum atomic E-state index is -0.761. The Morgan fingerprint density at radius 1 is 1.12 bits per heavy atom. The van der Waals surface area contributed by atoms with Gasteiger partial charge in [0.1, 0.15) is 0 Å². The zero-order valence-corrected chi connectivity index (χ0v) is 9.48. The smallest absolute Gasteiger partial charge is 0.307 e. The van der Waals surface area contributed by atoms with Gasteiger partial charge in [-0.05, 0) is 23.5 Å². The van der Waals surface area contributed by atoms with Gasteiger partial charge in [-0.1, -0.05) is 49.9 Å². The summed E-state index contributed by atoms with van der Waals surface area (Å²) in [6.45, 7) is 0. The molecule has 0 aromatic heterocycles. The van der Waals surface area contributed by atoms with E-state index in [0.29, 0.717) is 0 Å². The van der Waals surface area contributed by atoms with Crippen molar-refractivity contribution in [3.63, 3.8) is 0 Å². The van der Waals surface area contributed by atoms with Crippen LogP contribution in [0.1, 0.15) is 36.8 Å². The summed E-state index contributed by atoms with van der Waals surface area (Å²) in [5.41, 5.74) is 2.24. The third-order valence-electron chi connectivity index (χ3n) is 3.38. The summed E-state index contributed by atoms with van der Waals surface area (Å²) in [6, 6.07) is 8.05. The highest BCUT2D eigenvalue weighted by atomic mass is 16.4. The number of hydrogen-bond acceptors (Lipinski definition) is 1. The summed E-state index contributed by atoms with van der Waals surface area (Å²) >= 11 is 0. The highest BCUT2D eigenvalue weighted by Crippen LogP contribution is 2.27. The maximum atomic E-state index is 10.5. The Balaban J connectivity index is 1.93. The molecule has 0 radical (unpaired) electrons. The molecule has 0 atom stereocenters. The van der Waals surface area contributed by atoms with E-state index in [-0.39, 0.29) is 6.42 Å². The second-order valence-electron chi connectivity index (χ2n) is 4.74. The molecule has 0 aliphatic heterocycles. The Labute approximate surface area is 96.3 Å². The van der Waals surface area contributed by atoms with Crippen molar-refractivity contribution >= 4 is 5.97 Å². The fourth-order valence-electron chi connectivity index (χ4n) is 2.52. The van der Waals surface area contributed by atoms with Crippen molar-refractivity contribution in [3.05, 3.63) is 35.4 Å². The second kappa shape index (κ2) is 5.15. The molecule has 0 amide bonds. The van der Waals surface area contributed by atoms with Gasteiger partial charge in [0.05, 0.1) is 6.42 Å². The molecule has 86 valence electrons.